The molecule has 5 fully saturated rings. The quantitative estimate of drug-likeness (QED) is 0.438. The van der Waals surface area contributed by atoms with Crippen molar-refractivity contribution in [3.63, 3.8) is 0 Å². The van der Waals surface area contributed by atoms with Crippen molar-refractivity contribution in [1.82, 2.24) is 0 Å². The molecule has 0 bridgehead atoms. The fourth-order valence-corrected chi connectivity index (χ4v) is 10.4. The number of carbonyl (C=O) groups excluding carboxylic acids is 3. The van der Waals surface area contributed by atoms with Gasteiger partial charge in [-0.05, 0) is 50.7 Å². The molecule has 4 heterocycles. The fourth-order valence-electron chi connectivity index (χ4n) is 10.4. The summed E-state index contributed by atoms with van der Waals surface area (Å²) in [5, 5.41) is 12.5. The van der Waals surface area contributed by atoms with Crippen LogP contribution in [0.25, 0.3) is 0 Å². The molecule has 9 nitrogen and oxygen atoms in total. The highest BCUT2D eigenvalue weighted by atomic mass is 16.7. The number of epoxide rings is 1. The lowest BCUT2D eigenvalue weighted by molar-refractivity contribution is -0.288. The van der Waals surface area contributed by atoms with Crippen LogP contribution >= 0.6 is 0 Å². The molecule has 9 heteroatoms. The Morgan fingerprint density at radius 3 is 2.60 bits per heavy atom. The van der Waals surface area contributed by atoms with Crippen LogP contribution in [-0.4, -0.2) is 58.9 Å². The number of hydrogen-bond acceptors (Lipinski definition) is 9. The van der Waals surface area contributed by atoms with Crippen molar-refractivity contribution in [3.05, 3.63) is 36.3 Å². The number of esters is 2. The molecule has 3 aliphatic carbocycles. The molecule has 2 saturated carbocycles. The highest BCUT2D eigenvalue weighted by Gasteiger charge is 2.93. The number of furan rings is 1. The summed E-state index contributed by atoms with van der Waals surface area (Å²) in [5.74, 6) is -1.41. The summed E-state index contributed by atoms with van der Waals surface area (Å²) < 4.78 is 30.6. The standard InChI is InChI=1S/C31H38O9/c1-16(2)13-20(33)38-23-21(34)30-19(32)8-11-29(30,15-37-26(30,3)4)18-7-10-27(5)22(17-9-12-36-14-17)39-25(35)24-31(27,40-24)28(18,23)6/h8-9,11-12,14,16,18,21-24,34H,7,10,13,15H2,1-6H3/t18-,21-,22-,23+,24+,27-,28-,29-,30-,31-/m0/s1. The molecular formula is C31H38O9. The van der Waals surface area contributed by atoms with Gasteiger partial charge in [0, 0.05) is 28.2 Å². The van der Waals surface area contributed by atoms with Gasteiger partial charge in [-0.15, -0.1) is 0 Å². The van der Waals surface area contributed by atoms with Gasteiger partial charge in [0.2, 0.25) is 0 Å². The normalized spacial score (nSPS) is 49.5. The first-order chi connectivity index (χ1) is 18.7. The molecule has 3 aliphatic heterocycles. The van der Waals surface area contributed by atoms with Crippen LogP contribution in [0.4, 0.5) is 0 Å². The van der Waals surface area contributed by atoms with Crippen LogP contribution in [-0.2, 0) is 33.3 Å². The third kappa shape index (κ3) is 2.56. The number of rotatable bonds is 4. The molecule has 216 valence electrons. The molecule has 10 atom stereocenters. The number of ether oxygens (including phenoxy) is 4. The molecule has 0 unspecified atom stereocenters. The van der Waals surface area contributed by atoms with Crippen LogP contribution in [0.1, 0.15) is 72.5 Å². The second kappa shape index (κ2) is 7.66. The average Bonchev–Trinajstić information content (AvgIpc) is 3.17. The SMILES string of the molecule is CC(C)CC(=O)O[C@@H]1[C@H](O)[C@]23C(=O)C=C[C@]2(COC3(C)C)[C@H]2CC[C@@]3(C)[C@H](c4ccoc4)OC(=O)[C@H]4O[C@@]43[C@]12C. The summed E-state index contributed by atoms with van der Waals surface area (Å²) >= 11 is 0. The number of aliphatic hydroxyl groups excluding tert-OH is 1. The van der Waals surface area contributed by atoms with E-state index in [-0.39, 0.29) is 30.6 Å². The number of allylic oxidation sites excluding steroid dienone is 1. The highest BCUT2D eigenvalue weighted by Crippen LogP contribution is 2.82. The lowest BCUT2D eigenvalue weighted by atomic mass is 9.34. The number of ketones is 1. The second-order valence-corrected chi connectivity index (χ2v) is 14.2. The van der Waals surface area contributed by atoms with E-state index >= 15 is 0 Å². The van der Waals surface area contributed by atoms with Gasteiger partial charge in [-0.1, -0.05) is 33.8 Å². The molecule has 0 aromatic carbocycles. The maximum absolute atomic E-state index is 13.9. The Hall–Kier alpha value is -2.49. The smallest absolute Gasteiger partial charge is 0.339 e. The number of aliphatic hydroxyl groups is 1. The molecule has 0 radical (unpaired) electrons. The van der Waals surface area contributed by atoms with Crippen LogP contribution in [0.3, 0.4) is 0 Å². The first-order valence-corrected chi connectivity index (χ1v) is 14.4. The fraction of sp³-hybridized carbons (Fsp3) is 0.710. The number of fused-ring (bicyclic) bond motifs is 1. The first kappa shape index (κ1) is 26.4. The van der Waals surface area contributed by atoms with Gasteiger partial charge in [0.15, 0.2) is 11.9 Å². The molecule has 0 amide bonds. The molecule has 1 aromatic rings. The Bertz CT molecular complexity index is 1330. The summed E-state index contributed by atoms with van der Waals surface area (Å²) in [7, 11) is 0. The zero-order chi connectivity index (χ0) is 28.7. The average molecular weight is 555 g/mol. The maximum atomic E-state index is 13.9. The summed E-state index contributed by atoms with van der Waals surface area (Å²) in [6, 6.07) is 1.79. The van der Waals surface area contributed by atoms with Gasteiger partial charge in [0.25, 0.3) is 0 Å². The zero-order valence-electron chi connectivity index (χ0n) is 23.9. The Morgan fingerprint density at radius 2 is 1.93 bits per heavy atom. The molecule has 3 saturated heterocycles. The van der Waals surface area contributed by atoms with Gasteiger partial charge in [-0.2, -0.15) is 0 Å². The van der Waals surface area contributed by atoms with E-state index in [1.165, 1.54) is 0 Å². The first-order valence-electron chi connectivity index (χ1n) is 14.4. The Kier molecular flexibility index (Phi) is 5.06. The van der Waals surface area contributed by atoms with Gasteiger partial charge < -0.3 is 28.5 Å². The van der Waals surface area contributed by atoms with E-state index in [1.54, 1.807) is 24.7 Å². The van der Waals surface area contributed by atoms with E-state index in [0.717, 1.165) is 5.56 Å². The second-order valence-electron chi connectivity index (χ2n) is 14.2. The summed E-state index contributed by atoms with van der Waals surface area (Å²) in [4.78, 5) is 40.8. The van der Waals surface area contributed by atoms with Crippen LogP contribution in [0.15, 0.2) is 35.2 Å². The third-order valence-corrected chi connectivity index (χ3v) is 11.9. The van der Waals surface area contributed by atoms with E-state index in [4.69, 9.17) is 23.4 Å². The molecule has 1 spiro atoms. The molecule has 40 heavy (non-hydrogen) atoms. The van der Waals surface area contributed by atoms with E-state index in [0.29, 0.717) is 12.8 Å². The van der Waals surface area contributed by atoms with Crippen molar-refractivity contribution >= 4 is 17.7 Å². The van der Waals surface area contributed by atoms with Gasteiger partial charge in [-0.3, -0.25) is 9.59 Å². The Labute approximate surface area is 233 Å². The van der Waals surface area contributed by atoms with Crippen LogP contribution in [0.2, 0.25) is 0 Å². The predicted molar refractivity (Wildman–Crippen MR) is 138 cm³/mol. The Balaban J connectivity index is 1.46. The maximum Gasteiger partial charge on any atom is 0.339 e. The third-order valence-electron chi connectivity index (χ3n) is 11.9. The van der Waals surface area contributed by atoms with Crippen molar-refractivity contribution < 1.29 is 42.9 Å². The summed E-state index contributed by atoms with van der Waals surface area (Å²) in [5.41, 5.74) is -5.39. The molecular weight excluding hydrogens is 516 g/mol. The monoisotopic (exact) mass is 554 g/mol. The lowest BCUT2D eigenvalue weighted by Crippen LogP contribution is -2.79. The molecule has 7 rings (SSSR count). The largest absolute Gasteiger partial charge is 0.472 e. The predicted octanol–water partition coefficient (Wildman–Crippen LogP) is 3.69. The minimum Gasteiger partial charge on any atom is -0.472 e. The van der Waals surface area contributed by atoms with Crippen LogP contribution in [0.5, 0.6) is 0 Å². The summed E-state index contributed by atoms with van der Waals surface area (Å²) in [6.07, 6.45) is 3.98. The van der Waals surface area contributed by atoms with E-state index in [1.807, 2.05) is 40.7 Å². The van der Waals surface area contributed by atoms with Gasteiger partial charge >= 0.3 is 11.9 Å². The molecule has 1 N–H and O–H groups in total. The van der Waals surface area contributed by atoms with Crippen LogP contribution in [0, 0.1) is 33.5 Å². The minimum absolute atomic E-state index is 0.0324. The molecule has 6 aliphatic rings. The van der Waals surface area contributed by atoms with Gasteiger partial charge in [0.05, 0.1) is 24.7 Å². The van der Waals surface area contributed by atoms with Crippen molar-refractivity contribution in [2.24, 2.45) is 33.5 Å². The van der Waals surface area contributed by atoms with Crippen molar-refractivity contribution in [2.75, 3.05) is 6.61 Å². The van der Waals surface area contributed by atoms with E-state index in [2.05, 4.69) is 6.92 Å². The zero-order valence-corrected chi connectivity index (χ0v) is 23.9. The van der Waals surface area contributed by atoms with Crippen molar-refractivity contribution in [1.29, 1.82) is 0 Å². The van der Waals surface area contributed by atoms with Crippen LogP contribution < -0.4 is 0 Å². The number of carbonyl (C=O) groups is 3. The van der Waals surface area contributed by atoms with Gasteiger partial charge in [0.1, 0.15) is 29.3 Å². The number of cyclic esters (lactones) is 1. The highest BCUT2D eigenvalue weighted by molar-refractivity contribution is 6.01. The molecule has 1 aromatic heterocycles. The topological polar surface area (TPSA) is 125 Å². The van der Waals surface area contributed by atoms with E-state index in [9.17, 15) is 19.5 Å². The number of hydrogen-bond donors (Lipinski definition) is 1. The van der Waals surface area contributed by atoms with Crippen molar-refractivity contribution in [3.8, 4) is 0 Å². The van der Waals surface area contributed by atoms with E-state index < -0.39 is 69.2 Å². The summed E-state index contributed by atoms with van der Waals surface area (Å²) in [6.45, 7) is 11.8. The van der Waals surface area contributed by atoms with Crippen molar-refractivity contribution in [2.45, 2.75) is 96.4 Å². The lowest BCUT2D eigenvalue weighted by Gasteiger charge is -2.69. The Morgan fingerprint density at radius 1 is 1.18 bits per heavy atom. The minimum atomic E-state index is -1.39. The van der Waals surface area contributed by atoms with Gasteiger partial charge in [-0.25, -0.2) is 4.79 Å².